The molecule has 0 fully saturated rings. The number of fused-ring (bicyclic) bond motifs is 1. The van der Waals surface area contributed by atoms with Crippen LogP contribution in [0.5, 0.6) is 0 Å². The Hall–Kier alpha value is 0.0961. The molecule has 2 aromatic rings. The molecular weight excluding hydrogens is 330 g/mol. The van der Waals surface area contributed by atoms with Crippen molar-refractivity contribution in [3.8, 4) is 0 Å². The first-order valence-corrected chi connectivity index (χ1v) is 16.6. The van der Waals surface area contributed by atoms with E-state index in [1.807, 2.05) is 0 Å². The summed E-state index contributed by atoms with van der Waals surface area (Å²) in [4.78, 5) is 7.37. The summed E-state index contributed by atoms with van der Waals surface area (Å²) in [5.74, 6) is 1.42. The van der Waals surface area contributed by atoms with Gasteiger partial charge in [-0.3, -0.25) is 0 Å². The van der Waals surface area contributed by atoms with Crippen LogP contribution in [-0.4, -0.2) is 18.4 Å². The summed E-state index contributed by atoms with van der Waals surface area (Å²) < 4.78 is 1.61. The standard InChI is InChI=1S/C10H7.C4H9.3CH3.Li.Sn/c1-2-6-10-8-4-3-7-9(10)5-1;1-4(2)3;;;;;/h1-3,5-8H;1-3H3;3*1H3;;/q;-1;;;;+1;. The van der Waals surface area contributed by atoms with Gasteiger partial charge in [-0.15, -0.1) is 0 Å². The van der Waals surface area contributed by atoms with E-state index in [9.17, 15) is 0 Å². The van der Waals surface area contributed by atoms with Gasteiger partial charge in [-0.05, 0) is 0 Å². The quantitative estimate of drug-likeness (QED) is 0.543. The van der Waals surface area contributed by atoms with E-state index in [-0.39, 0.29) is 18.9 Å². The van der Waals surface area contributed by atoms with Crippen molar-refractivity contribution in [1.82, 2.24) is 0 Å². The molecular formula is C17H25LiSn. The normalized spacial score (nSPS) is 10.7. The van der Waals surface area contributed by atoms with Crippen LogP contribution in [0.15, 0.2) is 42.5 Å². The summed E-state index contributed by atoms with van der Waals surface area (Å²) in [5, 5.41) is 2.74. The van der Waals surface area contributed by atoms with Crippen LogP contribution in [0, 0.1) is 5.92 Å². The SMILES string of the molecule is C[C-](C)C.[CH3][Sn]([CH3])([CH3])[c]1ccc2ccccc2c1.[Li+]. The van der Waals surface area contributed by atoms with Crippen molar-refractivity contribution < 1.29 is 18.9 Å². The van der Waals surface area contributed by atoms with Crippen molar-refractivity contribution in [1.29, 1.82) is 0 Å². The molecule has 0 nitrogen and oxygen atoms in total. The molecule has 0 aromatic heterocycles. The smallest absolute Gasteiger partial charge is 1.00 e. The maximum atomic E-state index is 2.46. The Morgan fingerprint density at radius 2 is 1.26 bits per heavy atom. The van der Waals surface area contributed by atoms with Crippen molar-refractivity contribution in [2.75, 3.05) is 0 Å². The molecule has 0 atom stereocenters. The molecule has 0 aliphatic rings. The maximum Gasteiger partial charge on any atom is 1.00 e. The van der Waals surface area contributed by atoms with Gasteiger partial charge in [0.25, 0.3) is 0 Å². The number of benzene rings is 2. The van der Waals surface area contributed by atoms with Gasteiger partial charge >= 0.3 is 109 Å². The van der Waals surface area contributed by atoms with E-state index in [0.717, 1.165) is 0 Å². The zero-order chi connectivity index (χ0) is 13.8. The van der Waals surface area contributed by atoms with Gasteiger partial charge in [0.1, 0.15) is 0 Å². The van der Waals surface area contributed by atoms with Crippen LogP contribution in [0.4, 0.5) is 0 Å². The van der Waals surface area contributed by atoms with Crippen LogP contribution in [0.2, 0.25) is 14.8 Å². The molecule has 2 heteroatoms. The fourth-order valence-electron chi connectivity index (χ4n) is 1.66. The molecule has 2 rings (SSSR count). The Morgan fingerprint density at radius 3 is 1.74 bits per heavy atom. The number of hydrogen-bond donors (Lipinski definition) is 0. The topological polar surface area (TPSA) is 0 Å². The average molecular weight is 355 g/mol. The molecule has 0 saturated heterocycles. The van der Waals surface area contributed by atoms with Crippen LogP contribution in [0.25, 0.3) is 10.8 Å². The molecule has 0 saturated carbocycles. The van der Waals surface area contributed by atoms with Crippen LogP contribution in [0.3, 0.4) is 0 Å². The average Bonchev–Trinajstić information content (AvgIpc) is 2.26. The monoisotopic (exact) mass is 356 g/mol. The molecule has 0 bridgehead atoms. The van der Waals surface area contributed by atoms with E-state index in [1.165, 1.54) is 16.7 Å². The predicted octanol–water partition coefficient (Wildman–Crippen LogP) is 2.01. The van der Waals surface area contributed by atoms with Gasteiger partial charge in [0.05, 0.1) is 0 Å². The van der Waals surface area contributed by atoms with Gasteiger partial charge in [-0.1, -0.05) is 0 Å². The summed E-state index contributed by atoms with van der Waals surface area (Å²) >= 11 is -1.86. The van der Waals surface area contributed by atoms with E-state index in [1.54, 1.807) is 3.58 Å². The van der Waals surface area contributed by atoms with Crippen LogP contribution in [0.1, 0.15) is 20.8 Å². The Labute approximate surface area is 135 Å². The Balaban J connectivity index is 0.000000576. The number of rotatable bonds is 1. The Bertz CT molecular complexity index is 495. The van der Waals surface area contributed by atoms with Crippen molar-refractivity contribution in [2.24, 2.45) is 0 Å². The van der Waals surface area contributed by atoms with Gasteiger partial charge in [0.15, 0.2) is 0 Å². The fraction of sp³-hybridized carbons (Fsp3) is 0.353. The zero-order valence-corrected chi connectivity index (χ0v) is 16.4. The minimum atomic E-state index is -1.86. The van der Waals surface area contributed by atoms with E-state index in [0.29, 0.717) is 0 Å². The molecule has 0 aliphatic carbocycles. The molecule has 98 valence electrons. The van der Waals surface area contributed by atoms with Crippen molar-refractivity contribution >= 4 is 32.7 Å². The van der Waals surface area contributed by atoms with Crippen molar-refractivity contribution in [3.63, 3.8) is 0 Å². The molecule has 0 amide bonds. The van der Waals surface area contributed by atoms with Crippen LogP contribution in [-0.2, 0) is 0 Å². The summed E-state index contributed by atoms with van der Waals surface area (Å²) in [6.45, 7) is 6.25. The second-order valence-corrected chi connectivity index (χ2v) is 20.8. The third kappa shape index (κ3) is 6.88. The Kier molecular flexibility index (Phi) is 8.44. The molecule has 0 heterocycles. The van der Waals surface area contributed by atoms with Crippen molar-refractivity contribution in [3.05, 3.63) is 48.4 Å². The first-order valence-electron chi connectivity index (χ1n) is 6.57. The molecule has 19 heavy (non-hydrogen) atoms. The van der Waals surface area contributed by atoms with Crippen molar-refractivity contribution in [2.45, 2.75) is 35.6 Å². The molecule has 0 unspecified atom stereocenters. The first-order chi connectivity index (χ1) is 8.30. The summed E-state index contributed by atoms with van der Waals surface area (Å²) in [6, 6.07) is 15.6. The van der Waals surface area contributed by atoms with Gasteiger partial charge in [0, 0.05) is 0 Å². The minimum absolute atomic E-state index is 0. The number of hydrogen-bond acceptors (Lipinski definition) is 0. The largest absolute Gasteiger partial charge is 1.00 e. The molecule has 0 N–H and O–H groups in total. The molecule has 0 aliphatic heterocycles. The minimum Gasteiger partial charge on any atom is 1.00 e. The molecule has 0 radical (unpaired) electrons. The predicted molar refractivity (Wildman–Crippen MR) is 87.2 cm³/mol. The second-order valence-electron chi connectivity index (χ2n) is 6.31. The third-order valence-corrected chi connectivity index (χ3v) is 8.45. The first kappa shape index (κ1) is 19.1. The summed E-state index contributed by atoms with van der Waals surface area (Å²) in [7, 11) is 0. The van der Waals surface area contributed by atoms with Gasteiger partial charge in [-0.2, -0.15) is 20.8 Å². The fourth-order valence-corrected chi connectivity index (χ4v) is 5.00. The summed E-state index contributed by atoms with van der Waals surface area (Å²) in [5.41, 5.74) is 0. The maximum absolute atomic E-state index is 2.46. The van der Waals surface area contributed by atoms with E-state index >= 15 is 0 Å². The third-order valence-electron chi connectivity index (χ3n) is 2.62. The summed E-state index contributed by atoms with van der Waals surface area (Å²) in [6.07, 6.45) is 0. The van der Waals surface area contributed by atoms with E-state index < -0.39 is 18.4 Å². The molecule has 0 spiro atoms. The second kappa shape index (κ2) is 8.40. The van der Waals surface area contributed by atoms with E-state index in [4.69, 9.17) is 0 Å². The van der Waals surface area contributed by atoms with Gasteiger partial charge in [-0.25, -0.2) is 0 Å². The van der Waals surface area contributed by atoms with Crippen LogP contribution >= 0.6 is 0 Å². The zero-order valence-electron chi connectivity index (χ0n) is 13.5. The van der Waals surface area contributed by atoms with Gasteiger partial charge < -0.3 is 5.92 Å². The van der Waals surface area contributed by atoms with Gasteiger partial charge in [0.2, 0.25) is 0 Å². The van der Waals surface area contributed by atoms with Crippen LogP contribution < -0.4 is 22.4 Å². The van der Waals surface area contributed by atoms with E-state index in [2.05, 4.69) is 78.1 Å². The molecule has 2 aromatic carbocycles. The Morgan fingerprint density at radius 1 is 0.789 bits per heavy atom.